The van der Waals surface area contributed by atoms with Crippen LogP contribution < -0.4 is 10.1 Å². The fraction of sp³-hybridized carbons (Fsp3) is 0.292. The zero-order valence-electron chi connectivity index (χ0n) is 17.9. The molecule has 1 aromatic heterocycles. The molecule has 1 aliphatic rings. The highest BCUT2D eigenvalue weighted by molar-refractivity contribution is 7.91. The van der Waals surface area contributed by atoms with E-state index in [9.17, 15) is 13.2 Å². The van der Waals surface area contributed by atoms with Crippen molar-refractivity contribution in [2.24, 2.45) is 0 Å². The van der Waals surface area contributed by atoms with Gasteiger partial charge in [0, 0.05) is 18.0 Å². The molecule has 6 nitrogen and oxygen atoms in total. The van der Waals surface area contributed by atoms with E-state index in [1.807, 2.05) is 43.3 Å². The second-order valence-corrected chi connectivity index (χ2v) is 11.2. The minimum atomic E-state index is -3.48. The number of sulfonamides is 1. The van der Waals surface area contributed by atoms with Crippen molar-refractivity contribution in [2.75, 3.05) is 18.4 Å². The van der Waals surface area contributed by atoms with Crippen LogP contribution in [0, 0.1) is 6.92 Å². The number of hydrogen-bond acceptors (Lipinski definition) is 5. The average molecular weight is 471 g/mol. The zero-order valence-corrected chi connectivity index (χ0v) is 19.5. The number of rotatable bonds is 7. The largest absolute Gasteiger partial charge is 0.455 e. The SMILES string of the molecule is Cc1ccc(Oc2ccccc2NC(=O)Cc2ccc(S(=O)(=O)N3CCCCC3)s2)cc1. The number of carbonyl (C=O) groups excluding carboxylic acids is 1. The first-order chi connectivity index (χ1) is 15.4. The average Bonchev–Trinajstić information content (AvgIpc) is 3.26. The van der Waals surface area contributed by atoms with Gasteiger partial charge in [0.25, 0.3) is 10.0 Å². The first-order valence-corrected chi connectivity index (χ1v) is 12.9. The van der Waals surface area contributed by atoms with Gasteiger partial charge >= 0.3 is 0 Å². The van der Waals surface area contributed by atoms with E-state index in [0.29, 0.717) is 39.4 Å². The van der Waals surface area contributed by atoms with Crippen molar-refractivity contribution in [3.63, 3.8) is 0 Å². The fourth-order valence-corrected chi connectivity index (χ4v) is 6.60. The van der Waals surface area contributed by atoms with Gasteiger partial charge < -0.3 is 10.1 Å². The molecule has 0 spiro atoms. The summed E-state index contributed by atoms with van der Waals surface area (Å²) < 4.78 is 33.4. The maximum atomic E-state index is 12.8. The van der Waals surface area contributed by atoms with E-state index in [4.69, 9.17) is 4.74 Å². The van der Waals surface area contributed by atoms with Crippen molar-refractivity contribution in [3.05, 3.63) is 71.1 Å². The minimum absolute atomic E-state index is 0.0963. The molecular formula is C24H26N2O4S2. The standard InChI is InChI=1S/C24H26N2O4S2/c1-18-9-11-19(12-10-18)30-22-8-4-3-7-21(22)25-23(27)17-20-13-14-24(31-20)32(28,29)26-15-5-2-6-16-26/h3-4,7-14H,2,5-6,15-17H2,1H3,(H,25,27). The van der Waals surface area contributed by atoms with Gasteiger partial charge in [-0.2, -0.15) is 4.31 Å². The number of carbonyl (C=O) groups is 1. The lowest BCUT2D eigenvalue weighted by Gasteiger charge is -2.25. The summed E-state index contributed by atoms with van der Waals surface area (Å²) in [6.07, 6.45) is 2.95. The monoisotopic (exact) mass is 470 g/mol. The van der Waals surface area contributed by atoms with Crippen LogP contribution in [0.25, 0.3) is 0 Å². The van der Waals surface area contributed by atoms with Crippen LogP contribution in [0.5, 0.6) is 11.5 Å². The van der Waals surface area contributed by atoms with Gasteiger partial charge in [0.05, 0.1) is 12.1 Å². The lowest BCUT2D eigenvalue weighted by Crippen LogP contribution is -2.35. The molecule has 1 N–H and O–H groups in total. The molecule has 3 aromatic rings. The topological polar surface area (TPSA) is 75.7 Å². The van der Waals surface area contributed by atoms with Gasteiger partial charge in [-0.05, 0) is 56.2 Å². The van der Waals surface area contributed by atoms with Gasteiger partial charge in [-0.25, -0.2) is 8.42 Å². The van der Waals surface area contributed by atoms with Crippen molar-refractivity contribution in [3.8, 4) is 11.5 Å². The van der Waals surface area contributed by atoms with Gasteiger partial charge in [0.15, 0.2) is 5.75 Å². The Morgan fingerprint density at radius 1 is 1.00 bits per heavy atom. The quantitative estimate of drug-likeness (QED) is 0.515. The Bertz CT molecular complexity index is 1180. The zero-order chi connectivity index (χ0) is 22.6. The summed E-state index contributed by atoms with van der Waals surface area (Å²) in [5, 5.41) is 2.88. The molecular weight excluding hydrogens is 444 g/mol. The Balaban J connectivity index is 1.42. The maximum absolute atomic E-state index is 12.8. The lowest BCUT2D eigenvalue weighted by atomic mass is 10.2. The van der Waals surface area contributed by atoms with E-state index < -0.39 is 10.0 Å². The molecule has 1 fully saturated rings. The Hall–Kier alpha value is -2.68. The third-order valence-corrected chi connectivity index (χ3v) is 8.74. The highest BCUT2D eigenvalue weighted by Gasteiger charge is 2.27. The summed E-state index contributed by atoms with van der Waals surface area (Å²) in [4.78, 5) is 13.4. The number of benzene rings is 2. The van der Waals surface area contributed by atoms with Crippen LogP contribution in [-0.2, 0) is 21.2 Å². The number of para-hydroxylation sites is 2. The number of ether oxygens (including phenoxy) is 1. The second kappa shape index (κ2) is 9.85. The van der Waals surface area contributed by atoms with Crippen LogP contribution in [0.15, 0.2) is 64.9 Å². The molecule has 0 saturated carbocycles. The Kier molecular flexibility index (Phi) is 6.93. The second-order valence-electron chi connectivity index (χ2n) is 7.82. The van der Waals surface area contributed by atoms with Crippen LogP contribution in [0.3, 0.4) is 0 Å². The predicted octanol–water partition coefficient (Wildman–Crippen LogP) is 5.20. The molecule has 0 radical (unpaired) electrons. The van der Waals surface area contributed by atoms with Gasteiger partial charge in [0.1, 0.15) is 9.96 Å². The molecule has 2 aromatic carbocycles. The van der Waals surface area contributed by atoms with Gasteiger partial charge in [-0.3, -0.25) is 4.79 Å². The molecule has 1 saturated heterocycles. The first-order valence-electron chi connectivity index (χ1n) is 10.6. The van der Waals surface area contributed by atoms with E-state index >= 15 is 0 Å². The van der Waals surface area contributed by atoms with Crippen molar-refractivity contribution in [1.82, 2.24) is 4.31 Å². The summed E-state index contributed by atoms with van der Waals surface area (Å²) in [5.74, 6) is 1.00. The molecule has 8 heteroatoms. The van der Waals surface area contributed by atoms with Crippen molar-refractivity contribution in [2.45, 2.75) is 36.8 Å². The Labute approximate surface area is 192 Å². The molecule has 2 heterocycles. The van der Waals surface area contributed by atoms with Gasteiger partial charge in [-0.1, -0.05) is 36.2 Å². The molecule has 0 bridgehead atoms. The summed E-state index contributed by atoms with van der Waals surface area (Å²) in [5.41, 5.74) is 1.70. The van der Waals surface area contributed by atoms with Crippen LogP contribution in [0.1, 0.15) is 29.7 Å². The van der Waals surface area contributed by atoms with Gasteiger partial charge in [-0.15, -0.1) is 11.3 Å². The number of amides is 1. The number of hydrogen-bond donors (Lipinski definition) is 1. The molecule has 168 valence electrons. The molecule has 32 heavy (non-hydrogen) atoms. The first kappa shape index (κ1) is 22.5. The third kappa shape index (κ3) is 5.38. The van der Waals surface area contributed by atoms with E-state index in [2.05, 4.69) is 5.32 Å². The smallest absolute Gasteiger partial charge is 0.252 e. The predicted molar refractivity (Wildman–Crippen MR) is 127 cm³/mol. The highest BCUT2D eigenvalue weighted by atomic mass is 32.2. The molecule has 1 amide bonds. The van der Waals surface area contributed by atoms with Crippen LogP contribution in [-0.4, -0.2) is 31.7 Å². The van der Waals surface area contributed by atoms with Crippen LogP contribution in [0.2, 0.25) is 0 Å². The maximum Gasteiger partial charge on any atom is 0.252 e. The summed E-state index contributed by atoms with van der Waals surface area (Å²) >= 11 is 1.16. The molecule has 0 atom stereocenters. The van der Waals surface area contributed by atoms with E-state index in [0.717, 1.165) is 36.2 Å². The van der Waals surface area contributed by atoms with E-state index in [-0.39, 0.29) is 12.3 Å². The summed E-state index contributed by atoms with van der Waals surface area (Å²) in [7, 11) is -3.48. The number of thiophene rings is 1. The highest BCUT2D eigenvalue weighted by Crippen LogP contribution is 2.31. The van der Waals surface area contributed by atoms with Gasteiger partial charge in [0.2, 0.25) is 5.91 Å². The Morgan fingerprint density at radius 2 is 1.72 bits per heavy atom. The number of anilines is 1. The van der Waals surface area contributed by atoms with Crippen molar-refractivity contribution in [1.29, 1.82) is 0 Å². The lowest BCUT2D eigenvalue weighted by molar-refractivity contribution is -0.115. The minimum Gasteiger partial charge on any atom is -0.455 e. The van der Waals surface area contributed by atoms with Crippen molar-refractivity contribution >= 4 is 33.0 Å². The normalized spacial score (nSPS) is 14.8. The number of aryl methyl sites for hydroxylation is 1. The third-order valence-electron chi connectivity index (χ3n) is 5.29. The summed E-state index contributed by atoms with van der Waals surface area (Å²) in [6.45, 7) is 3.13. The van der Waals surface area contributed by atoms with Crippen molar-refractivity contribution < 1.29 is 17.9 Å². The fourth-order valence-electron chi connectivity index (χ4n) is 3.57. The number of piperidine rings is 1. The molecule has 4 rings (SSSR count). The Morgan fingerprint density at radius 3 is 2.47 bits per heavy atom. The summed E-state index contributed by atoms with van der Waals surface area (Å²) in [6, 6.07) is 18.2. The van der Waals surface area contributed by atoms with Crippen LogP contribution in [0.4, 0.5) is 5.69 Å². The molecule has 1 aliphatic heterocycles. The molecule has 0 unspecified atom stereocenters. The van der Waals surface area contributed by atoms with E-state index in [1.54, 1.807) is 28.6 Å². The molecule has 0 aliphatic carbocycles. The number of nitrogens with zero attached hydrogens (tertiary/aromatic N) is 1. The van der Waals surface area contributed by atoms with E-state index in [1.165, 1.54) is 0 Å². The number of nitrogens with one attached hydrogen (secondary N) is 1. The van der Waals surface area contributed by atoms with Crippen LogP contribution >= 0.6 is 11.3 Å².